The fourth-order valence-corrected chi connectivity index (χ4v) is 3.28. The Hall–Kier alpha value is -2.71. The van der Waals surface area contributed by atoms with Crippen molar-refractivity contribution in [2.75, 3.05) is 11.9 Å². The molecule has 0 saturated carbocycles. The predicted octanol–water partition coefficient (Wildman–Crippen LogP) is 4.58. The van der Waals surface area contributed by atoms with Crippen LogP contribution in [0.2, 0.25) is 0 Å². The van der Waals surface area contributed by atoms with E-state index in [1.807, 2.05) is 34.5 Å². The number of carbonyl (C=O) groups is 1. The molecule has 0 bridgehead atoms. The molecule has 0 saturated heterocycles. The lowest BCUT2D eigenvalue weighted by Crippen LogP contribution is -2.32. The Morgan fingerprint density at radius 1 is 1.15 bits per heavy atom. The smallest absolute Gasteiger partial charge is 0.387 e. The number of carbonyl (C=O) groups excluding carboxylic acids is 1. The molecule has 1 aromatic carbocycles. The van der Waals surface area contributed by atoms with Crippen molar-refractivity contribution in [2.45, 2.75) is 19.7 Å². The molecule has 5 nitrogen and oxygen atoms in total. The van der Waals surface area contributed by atoms with Gasteiger partial charge in [0.1, 0.15) is 11.5 Å². The lowest BCUT2D eigenvalue weighted by Gasteiger charge is -2.20. The van der Waals surface area contributed by atoms with Crippen LogP contribution >= 0.6 is 11.3 Å². The van der Waals surface area contributed by atoms with Crippen LogP contribution in [-0.4, -0.2) is 24.0 Å². The highest BCUT2D eigenvalue weighted by molar-refractivity contribution is 7.09. The SMILES string of the molecule is O=C(CN(Cc1ccco1)Cc1cccs1)Nc1ccc(OC(F)F)cc1. The van der Waals surface area contributed by atoms with E-state index in [4.69, 9.17) is 4.42 Å². The number of hydrogen-bond acceptors (Lipinski definition) is 5. The average Bonchev–Trinajstić information content (AvgIpc) is 3.30. The third-order valence-electron chi connectivity index (χ3n) is 3.65. The minimum Gasteiger partial charge on any atom is -0.468 e. The zero-order valence-electron chi connectivity index (χ0n) is 14.3. The van der Waals surface area contributed by atoms with Crippen LogP contribution in [0.3, 0.4) is 0 Å². The Bertz CT molecular complexity index is 785. The number of thiophene rings is 1. The van der Waals surface area contributed by atoms with E-state index in [1.54, 1.807) is 17.6 Å². The average molecular weight is 392 g/mol. The van der Waals surface area contributed by atoms with E-state index in [9.17, 15) is 13.6 Å². The molecule has 0 aliphatic rings. The molecule has 3 rings (SSSR count). The van der Waals surface area contributed by atoms with Crippen LogP contribution in [0.25, 0.3) is 0 Å². The molecule has 3 aromatic rings. The predicted molar refractivity (Wildman–Crippen MR) is 98.8 cm³/mol. The summed E-state index contributed by atoms with van der Waals surface area (Å²) in [7, 11) is 0. The number of halogens is 2. The second-order valence-corrected chi connectivity index (χ2v) is 6.79. The van der Waals surface area contributed by atoms with E-state index in [0.717, 1.165) is 10.6 Å². The molecule has 0 aliphatic heterocycles. The van der Waals surface area contributed by atoms with Gasteiger partial charge < -0.3 is 14.5 Å². The normalized spacial score (nSPS) is 11.1. The zero-order chi connectivity index (χ0) is 19.1. The highest BCUT2D eigenvalue weighted by Gasteiger charge is 2.14. The van der Waals surface area contributed by atoms with Crippen molar-refractivity contribution in [3.05, 3.63) is 70.8 Å². The standard InChI is InChI=1S/C19H18F2N2O3S/c20-19(21)26-15-7-5-14(6-8-15)22-18(24)13-23(11-16-3-1-9-25-16)12-17-4-2-10-27-17/h1-10,19H,11-13H2,(H,22,24). The first-order chi connectivity index (χ1) is 13.1. The summed E-state index contributed by atoms with van der Waals surface area (Å²) in [4.78, 5) is 15.5. The van der Waals surface area contributed by atoms with Gasteiger partial charge in [0.05, 0.1) is 19.4 Å². The van der Waals surface area contributed by atoms with Gasteiger partial charge in [0.15, 0.2) is 0 Å². The fraction of sp³-hybridized carbons (Fsp3) is 0.211. The van der Waals surface area contributed by atoms with Gasteiger partial charge in [0.25, 0.3) is 0 Å². The highest BCUT2D eigenvalue weighted by atomic mass is 32.1. The molecule has 27 heavy (non-hydrogen) atoms. The maximum Gasteiger partial charge on any atom is 0.387 e. The molecule has 0 unspecified atom stereocenters. The number of furan rings is 1. The van der Waals surface area contributed by atoms with E-state index in [2.05, 4.69) is 10.1 Å². The third-order valence-corrected chi connectivity index (χ3v) is 4.51. The van der Waals surface area contributed by atoms with Crippen molar-refractivity contribution in [1.29, 1.82) is 0 Å². The van der Waals surface area contributed by atoms with Crippen LogP contribution in [0.5, 0.6) is 5.75 Å². The molecule has 0 radical (unpaired) electrons. The van der Waals surface area contributed by atoms with Crippen LogP contribution in [0.15, 0.2) is 64.6 Å². The van der Waals surface area contributed by atoms with Crippen LogP contribution in [0, 0.1) is 0 Å². The summed E-state index contributed by atoms with van der Waals surface area (Å²) in [5.41, 5.74) is 0.510. The summed E-state index contributed by atoms with van der Waals surface area (Å²) < 4.78 is 34.0. The molecule has 0 fully saturated rings. The molecule has 1 N–H and O–H groups in total. The number of alkyl halides is 2. The highest BCUT2D eigenvalue weighted by Crippen LogP contribution is 2.18. The summed E-state index contributed by atoms with van der Waals surface area (Å²) in [5, 5.41) is 4.75. The van der Waals surface area contributed by atoms with E-state index in [-0.39, 0.29) is 18.2 Å². The molecule has 0 spiro atoms. The van der Waals surface area contributed by atoms with Crippen LogP contribution in [-0.2, 0) is 17.9 Å². The molecular formula is C19H18F2N2O3S. The van der Waals surface area contributed by atoms with Crippen molar-refractivity contribution in [3.63, 3.8) is 0 Å². The van der Waals surface area contributed by atoms with Crippen molar-refractivity contribution in [2.24, 2.45) is 0 Å². The monoisotopic (exact) mass is 392 g/mol. The molecule has 0 atom stereocenters. The minimum atomic E-state index is -2.88. The number of anilines is 1. The van der Waals surface area contributed by atoms with Crippen LogP contribution < -0.4 is 10.1 Å². The van der Waals surface area contributed by atoms with Crippen molar-refractivity contribution < 1.29 is 22.7 Å². The molecular weight excluding hydrogens is 374 g/mol. The van der Waals surface area contributed by atoms with Crippen molar-refractivity contribution in [1.82, 2.24) is 4.90 Å². The number of nitrogens with one attached hydrogen (secondary N) is 1. The van der Waals surface area contributed by atoms with Gasteiger partial charge in [-0.05, 0) is 47.8 Å². The van der Waals surface area contributed by atoms with Crippen molar-refractivity contribution in [3.8, 4) is 5.75 Å². The first-order valence-electron chi connectivity index (χ1n) is 8.20. The number of hydrogen-bond donors (Lipinski definition) is 1. The van der Waals surface area contributed by atoms with E-state index in [1.165, 1.54) is 24.3 Å². The second kappa shape index (κ2) is 9.29. The lowest BCUT2D eigenvalue weighted by atomic mass is 10.3. The summed E-state index contributed by atoms with van der Waals surface area (Å²) in [6.45, 7) is -1.60. The number of benzene rings is 1. The van der Waals surface area contributed by atoms with Crippen molar-refractivity contribution >= 4 is 22.9 Å². The van der Waals surface area contributed by atoms with Gasteiger partial charge in [-0.25, -0.2) is 0 Å². The second-order valence-electron chi connectivity index (χ2n) is 5.75. The van der Waals surface area contributed by atoms with E-state index >= 15 is 0 Å². The largest absolute Gasteiger partial charge is 0.468 e. The summed E-state index contributed by atoms with van der Waals surface area (Å²) in [6.07, 6.45) is 1.60. The van der Waals surface area contributed by atoms with Crippen LogP contribution in [0.1, 0.15) is 10.6 Å². The molecule has 2 heterocycles. The minimum absolute atomic E-state index is 0.0418. The lowest BCUT2D eigenvalue weighted by molar-refractivity contribution is -0.117. The first-order valence-corrected chi connectivity index (χ1v) is 9.08. The van der Waals surface area contributed by atoms with Gasteiger partial charge in [0.2, 0.25) is 5.91 Å². The van der Waals surface area contributed by atoms with Gasteiger partial charge in [-0.2, -0.15) is 8.78 Å². The topological polar surface area (TPSA) is 54.7 Å². The maximum absolute atomic E-state index is 12.4. The number of nitrogens with zero attached hydrogens (tertiary/aromatic N) is 1. The van der Waals surface area contributed by atoms with Gasteiger partial charge >= 0.3 is 6.61 Å². The van der Waals surface area contributed by atoms with Gasteiger partial charge in [-0.3, -0.25) is 9.69 Å². The zero-order valence-corrected chi connectivity index (χ0v) is 15.1. The summed E-state index contributed by atoms with van der Waals surface area (Å²) in [6, 6.07) is 13.5. The van der Waals surface area contributed by atoms with Gasteiger partial charge in [-0.1, -0.05) is 6.07 Å². The molecule has 142 valence electrons. The van der Waals surface area contributed by atoms with Crippen LogP contribution in [0.4, 0.5) is 14.5 Å². The number of rotatable bonds is 9. The fourth-order valence-electron chi connectivity index (χ4n) is 2.54. The Kier molecular flexibility index (Phi) is 6.56. The third kappa shape index (κ3) is 6.19. The quantitative estimate of drug-likeness (QED) is 0.579. The Morgan fingerprint density at radius 2 is 1.96 bits per heavy atom. The Labute approximate surface area is 159 Å². The summed E-state index contributed by atoms with van der Waals surface area (Å²) >= 11 is 1.62. The number of ether oxygens (including phenoxy) is 1. The summed E-state index contributed by atoms with van der Waals surface area (Å²) in [5.74, 6) is 0.605. The van der Waals surface area contributed by atoms with E-state index in [0.29, 0.717) is 18.8 Å². The van der Waals surface area contributed by atoms with E-state index < -0.39 is 6.61 Å². The Morgan fingerprint density at radius 3 is 2.59 bits per heavy atom. The number of amides is 1. The molecule has 2 aromatic heterocycles. The maximum atomic E-state index is 12.4. The Balaban J connectivity index is 1.59. The molecule has 1 amide bonds. The molecule has 0 aliphatic carbocycles. The van der Waals surface area contributed by atoms with Gasteiger partial charge in [0, 0.05) is 17.1 Å². The molecule has 8 heteroatoms. The van der Waals surface area contributed by atoms with Gasteiger partial charge in [-0.15, -0.1) is 11.3 Å². The first kappa shape index (κ1) is 19.1.